The number of rotatable bonds is 7. The Kier molecular flexibility index (Phi) is 7.09. The van der Waals surface area contributed by atoms with Gasteiger partial charge in [-0.3, -0.25) is 4.79 Å². The Hall–Kier alpha value is -2.71. The minimum absolute atomic E-state index is 0.458. The Morgan fingerprint density at radius 2 is 1.83 bits per heavy atom. The molecule has 0 radical (unpaired) electrons. The molecule has 1 aromatic rings. The number of esters is 1. The van der Waals surface area contributed by atoms with Gasteiger partial charge in [0.2, 0.25) is 0 Å². The fourth-order valence-corrected chi connectivity index (χ4v) is 1.56. The molecule has 6 nitrogen and oxygen atoms in total. The molecule has 1 N–H and O–H groups in total. The van der Waals surface area contributed by atoms with Gasteiger partial charge in [0.25, 0.3) is 5.91 Å². The van der Waals surface area contributed by atoms with Gasteiger partial charge in [-0.1, -0.05) is 6.07 Å². The monoisotopic (exact) mass is 347 g/mol. The normalized spacial score (nSPS) is 11.2. The first-order valence-electron chi connectivity index (χ1n) is 6.65. The summed E-state index contributed by atoms with van der Waals surface area (Å²) in [4.78, 5) is 22.5. The van der Waals surface area contributed by atoms with E-state index in [9.17, 15) is 22.8 Å². The fourth-order valence-electron chi connectivity index (χ4n) is 1.56. The first kappa shape index (κ1) is 19.3. The van der Waals surface area contributed by atoms with Gasteiger partial charge >= 0.3 is 12.1 Å². The van der Waals surface area contributed by atoms with Gasteiger partial charge in [-0.25, -0.2) is 4.79 Å². The van der Waals surface area contributed by atoms with Crippen LogP contribution in [0, 0.1) is 0 Å². The Morgan fingerprint density at radius 1 is 1.17 bits per heavy atom. The molecule has 1 aromatic carbocycles. The molecule has 0 bridgehead atoms. The van der Waals surface area contributed by atoms with Gasteiger partial charge in [0.1, 0.15) is 6.54 Å². The third-order valence-electron chi connectivity index (χ3n) is 2.65. The third-order valence-corrected chi connectivity index (χ3v) is 2.65. The summed E-state index contributed by atoms with van der Waals surface area (Å²) >= 11 is 0. The van der Waals surface area contributed by atoms with E-state index < -0.39 is 31.2 Å². The summed E-state index contributed by atoms with van der Waals surface area (Å²) in [6, 6.07) is 4.90. The van der Waals surface area contributed by atoms with Gasteiger partial charge in [0.15, 0.2) is 18.1 Å². The van der Waals surface area contributed by atoms with Crippen molar-refractivity contribution >= 4 is 18.0 Å². The summed E-state index contributed by atoms with van der Waals surface area (Å²) < 4.78 is 50.4. The van der Waals surface area contributed by atoms with E-state index in [-0.39, 0.29) is 0 Å². The van der Waals surface area contributed by atoms with Crippen LogP contribution in [0.2, 0.25) is 0 Å². The summed E-state index contributed by atoms with van der Waals surface area (Å²) in [6.45, 7) is -2.28. The largest absolute Gasteiger partial charge is 0.493 e. The van der Waals surface area contributed by atoms with Crippen molar-refractivity contribution in [1.82, 2.24) is 5.32 Å². The number of carbonyl (C=O) groups excluding carboxylic acids is 2. The van der Waals surface area contributed by atoms with Crippen molar-refractivity contribution in [2.45, 2.75) is 6.18 Å². The SMILES string of the molecule is COc1ccc(C=CC(=O)OCC(=O)NCC(F)(F)F)cc1OC. The second kappa shape index (κ2) is 8.80. The maximum absolute atomic E-state index is 11.9. The van der Waals surface area contributed by atoms with Gasteiger partial charge in [0, 0.05) is 6.08 Å². The zero-order valence-electron chi connectivity index (χ0n) is 13.0. The molecule has 0 aliphatic carbocycles. The zero-order chi connectivity index (χ0) is 18.2. The highest BCUT2D eigenvalue weighted by molar-refractivity contribution is 5.89. The topological polar surface area (TPSA) is 73.9 Å². The van der Waals surface area contributed by atoms with Crippen LogP contribution in [0.3, 0.4) is 0 Å². The van der Waals surface area contributed by atoms with E-state index in [4.69, 9.17) is 9.47 Å². The van der Waals surface area contributed by atoms with Gasteiger partial charge < -0.3 is 19.5 Å². The molecule has 0 saturated heterocycles. The third kappa shape index (κ3) is 7.03. The first-order chi connectivity index (χ1) is 11.2. The highest BCUT2D eigenvalue weighted by Crippen LogP contribution is 2.27. The molecule has 0 aliphatic rings. The molecule has 0 fully saturated rings. The average Bonchev–Trinajstić information content (AvgIpc) is 2.55. The van der Waals surface area contributed by atoms with E-state index in [1.165, 1.54) is 20.3 Å². The van der Waals surface area contributed by atoms with Gasteiger partial charge in [0.05, 0.1) is 14.2 Å². The summed E-state index contributed by atoms with van der Waals surface area (Å²) in [5, 5.41) is 1.58. The van der Waals surface area contributed by atoms with Crippen LogP contribution >= 0.6 is 0 Å². The Bertz CT molecular complexity index is 614. The molecule has 0 aliphatic heterocycles. The van der Waals surface area contributed by atoms with Crippen LogP contribution < -0.4 is 14.8 Å². The average molecular weight is 347 g/mol. The lowest BCUT2D eigenvalue weighted by Gasteiger charge is -2.08. The molecule has 1 amide bonds. The Morgan fingerprint density at radius 3 is 2.42 bits per heavy atom. The molecule has 1 rings (SSSR count). The number of ether oxygens (including phenoxy) is 3. The fraction of sp³-hybridized carbons (Fsp3) is 0.333. The predicted molar refractivity (Wildman–Crippen MR) is 78.6 cm³/mol. The van der Waals surface area contributed by atoms with Crippen LogP contribution in [-0.2, 0) is 14.3 Å². The number of alkyl halides is 3. The van der Waals surface area contributed by atoms with Gasteiger partial charge in [-0.15, -0.1) is 0 Å². The number of amides is 1. The van der Waals surface area contributed by atoms with Crippen molar-refractivity contribution in [2.24, 2.45) is 0 Å². The number of hydrogen-bond acceptors (Lipinski definition) is 5. The van der Waals surface area contributed by atoms with Crippen molar-refractivity contribution in [3.63, 3.8) is 0 Å². The van der Waals surface area contributed by atoms with Crippen LogP contribution in [0.25, 0.3) is 6.08 Å². The predicted octanol–water partition coefficient (Wildman–Crippen LogP) is 1.94. The summed E-state index contributed by atoms with van der Waals surface area (Å²) in [6.07, 6.45) is -2.08. The molecule has 132 valence electrons. The van der Waals surface area contributed by atoms with Crippen LogP contribution in [-0.4, -0.2) is 45.4 Å². The van der Waals surface area contributed by atoms with E-state index in [1.807, 2.05) is 0 Å². The molecule has 0 aromatic heterocycles. The van der Waals surface area contributed by atoms with E-state index in [0.29, 0.717) is 17.1 Å². The minimum atomic E-state index is -4.52. The molecular formula is C15H16F3NO5. The number of hydrogen-bond donors (Lipinski definition) is 1. The number of halogens is 3. The standard InChI is InChI=1S/C15H16F3NO5/c1-22-11-5-3-10(7-12(11)23-2)4-6-14(21)24-8-13(20)19-9-15(16,17)18/h3-7H,8-9H2,1-2H3,(H,19,20). The van der Waals surface area contributed by atoms with Gasteiger partial charge in [-0.05, 0) is 23.8 Å². The minimum Gasteiger partial charge on any atom is -0.493 e. The quantitative estimate of drug-likeness (QED) is 0.603. The van der Waals surface area contributed by atoms with Crippen LogP contribution in [0.15, 0.2) is 24.3 Å². The van der Waals surface area contributed by atoms with Crippen molar-refractivity contribution in [1.29, 1.82) is 0 Å². The molecule has 0 heterocycles. The number of nitrogens with one attached hydrogen (secondary N) is 1. The first-order valence-corrected chi connectivity index (χ1v) is 6.65. The van der Waals surface area contributed by atoms with Crippen LogP contribution in [0.4, 0.5) is 13.2 Å². The summed E-state index contributed by atoms with van der Waals surface area (Å²) in [7, 11) is 2.94. The molecule has 24 heavy (non-hydrogen) atoms. The Labute approximate surface area is 136 Å². The van der Waals surface area contributed by atoms with E-state index in [2.05, 4.69) is 4.74 Å². The summed E-state index contributed by atoms with van der Waals surface area (Å²) in [5.74, 6) is -0.940. The number of carbonyl (C=O) groups is 2. The van der Waals surface area contributed by atoms with Crippen LogP contribution in [0.5, 0.6) is 11.5 Å². The number of methoxy groups -OCH3 is 2. The van der Waals surface area contributed by atoms with Crippen LogP contribution in [0.1, 0.15) is 5.56 Å². The lowest BCUT2D eigenvalue weighted by molar-refractivity contribution is -0.148. The zero-order valence-corrected chi connectivity index (χ0v) is 13.0. The van der Waals surface area contributed by atoms with E-state index in [1.54, 1.807) is 23.5 Å². The summed E-state index contributed by atoms with van der Waals surface area (Å²) in [5.41, 5.74) is 0.603. The molecule has 0 spiro atoms. The smallest absolute Gasteiger partial charge is 0.405 e. The van der Waals surface area contributed by atoms with E-state index in [0.717, 1.165) is 6.08 Å². The van der Waals surface area contributed by atoms with E-state index >= 15 is 0 Å². The molecule has 0 saturated carbocycles. The molecule has 0 atom stereocenters. The Balaban J connectivity index is 2.50. The van der Waals surface area contributed by atoms with Crippen molar-refractivity contribution in [2.75, 3.05) is 27.4 Å². The second-order valence-corrected chi connectivity index (χ2v) is 4.45. The molecule has 0 unspecified atom stereocenters. The lowest BCUT2D eigenvalue weighted by atomic mass is 10.2. The molecular weight excluding hydrogens is 331 g/mol. The maximum Gasteiger partial charge on any atom is 0.405 e. The highest BCUT2D eigenvalue weighted by Gasteiger charge is 2.27. The highest BCUT2D eigenvalue weighted by atomic mass is 19.4. The van der Waals surface area contributed by atoms with Gasteiger partial charge in [-0.2, -0.15) is 13.2 Å². The lowest BCUT2D eigenvalue weighted by Crippen LogP contribution is -2.36. The maximum atomic E-state index is 11.9. The molecule has 9 heteroatoms. The van der Waals surface area contributed by atoms with Crippen molar-refractivity contribution in [3.8, 4) is 11.5 Å². The number of benzene rings is 1. The second-order valence-electron chi connectivity index (χ2n) is 4.45. The van der Waals surface area contributed by atoms with Crippen molar-refractivity contribution in [3.05, 3.63) is 29.8 Å². The van der Waals surface area contributed by atoms with Crippen molar-refractivity contribution < 1.29 is 37.0 Å².